The summed E-state index contributed by atoms with van der Waals surface area (Å²) >= 11 is 5.30. The maximum Gasteiger partial charge on any atom is 0.169 e. The Bertz CT molecular complexity index is 361. The molecule has 92 valence electrons. The summed E-state index contributed by atoms with van der Waals surface area (Å²) in [6, 6.07) is 0. The number of thiocarbonyl (C=S) groups is 1. The van der Waals surface area contributed by atoms with Gasteiger partial charge in [0.15, 0.2) is 5.11 Å². The highest BCUT2D eigenvalue weighted by Gasteiger charge is 2.19. The van der Waals surface area contributed by atoms with Crippen molar-refractivity contribution in [2.75, 3.05) is 37.6 Å². The van der Waals surface area contributed by atoms with Crippen molar-refractivity contribution in [1.82, 2.24) is 20.2 Å². The second-order valence-electron chi connectivity index (χ2n) is 3.87. The van der Waals surface area contributed by atoms with E-state index < -0.39 is 0 Å². The largest absolute Gasteiger partial charge is 0.363 e. The molecule has 0 aliphatic carbocycles. The highest BCUT2D eigenvalue weighted by molar-refractivity contribution is 7.80. The van der Waals surface area contributed by atoms with Crippen LogP contribution in [0.2, 0.25) is 0 Å². The second kappa shape index (κ2) is 5.77. The highest BCUT2D eigenvalue weighted by Crippen LogP contribution is 2.11. The van der Waals surface area contributed by atoms with Gasteiger partial charge in [-0.1, -0.05) is 0 Å². The summed E-state index contributed by atoms with van der Waals surface area (Å²) < 4.78 is 0. The molecule has 1 aromatic heterocycles. The summed E-state index contributed by atoms with van der Waals surface area (Å²) in [6.45, 7) is 6.67. The lowest BCUT2D eigenvalue weighted by molar-refractivity contribution is 0.379. The van der Waals surface area contributed by atoms with E-state index in [-0.39, 0.29) is 0 Å². The molecule has 1 fully saturated rings. The molecule has 0 aromatic carbocycles. The summed E-state index contributed by atoms with van der Waals surface area (Å²) in [6.07, 6.45) is 5.23. The lowest BCUT2D eigenvalue weighted by Gasteiger charge is -2.36. The fourth-order valence-corrected chi connectivity index (χ4v) is 2.18. The number of rotatable bonds is 2. The first-order valence-corrected chi connectivity index (χ1v) is 6.26. The average Bonchev–Trinajstić information content (AvgIpc) is 2.40. The van der Waals surface area contributed by atoms with E-state index in [2.05, 4.69) is 32.0 Å². The zero-order chi connectivity index (χ0) is 12.1. The molecule has 0 spiro atoms. The van der Waals surface area contributed by atoms with Crippen LogP contribution in [0.5, 0.6) is 0 Å². The van der Waals surface area contributed by atoms with Crippen molar-refractivity contribution in [3.05, 3.63) is 18.6 Å². The molecule has 2 rings (SSSR count). The van der Waals surface area contributed by atoms with Crippen molar-refractivity contribution >= 4 is 23.1 Å². The van der Waals surface area contributed by atoms with E-state index in [0.29, 0.717) is 0 Å². The number of nitrogens with one attached hydrogen (secondary N) is 1. The Kier molecular flexibility index (Phi) is 4.08. The van der Waals surface area contributed by atoms with E-state index >= 15 is 0 Å². The first kappa shape index (κ1) is 12.0. The molecule has 0 saturated carbocycles. The van der Waals surface area contributed by atoms with Crippen LogP contribution in [0, 0.1) is 0 Å². The fraction of sp³-hybridized carbons (Fsp3) is 0.545. The minimum atomic E-state index is 0.853. The lowest BCUT2D eigenvalue weighted by Crippen LogP contribution is -2.51. The number of anilines is 1. The molecule has 1 aliphatic heterocycles. The zero-order valence-electron chi connectivity index (χ0n) is 9.96. The molecule has 5 nitrogen and oxygen atoms in total. The fourth-order valence-electron chi connectivity index (χ4n) is 1.86. The van der Waals surface area contributed by atoms with Crippen LogP contribution >= 0.6 is 12.2 Å². The van der Waals surface area contributed by atoms with Crippen LogP contribution in [-0.2, 0) is 0 Å². The van der Waals surface area contributed by atoms with Crippen molar-refractivity contribution in [2.45, 2.75) is 6.92 Å². The Labute approximate surface area is 107 Å². The molecule has 1 aromatic rings. The smallest absolute Gasteiger partial charge is 0.169 e. The van der Waals surface area contributed by atoms with Crippen LogP contribution in [0.1, 0.15) is 6.92 Å². The molecule has 0 bridgehead atoms. The third-order valence-electron chi connectivity index (χ3n) is 2.77. The minimum Gasteiger partial charge on any atom is -0.363 e. The molecule has 0 unspecified atom stereocenters. The van der Waals surface area contributed by atoms with Gasteiger partial charge in [0.05, 0.1) is 6.20 Å². The second-order valence-corrected chi connectivity index (χ2v) is 4.26. The van der Waals surface area contributed by atoms with Crippen LogP contribution in [0.3, 0.4) is 0 Å². The van der Waals surface area contributed by atoms with Gasteiger partial charge < -0.3 is 15.1 Å². The Balaban J connectivity index is 1.88. The number of hydrogen-bond acceptors (Lipinski definition) is 4. The summed E-state index contributed by atoms with van der Waals surface area (Å²) in [7, 11) is 0. The van der Waals surface area contributed by atoms with Gasteiger partial charge >= 0.3 is 0 Å². The summed E-state index contributed by atoms with van der Waals surface area (Å²) in [5.41, 5.74) is 0. The Morgan fingerprint density at radius 1 is 1.35 bits per heavy atom. The maximum absolute atomic E-state index is 5.30. The predicted molar refractivity (Wildman–Crippen MR) is 72.1 cm³/mol. The monoisotopic (exact) mass is 251 g/mol. The van der Waals surface area contributed by atoms with E-state index in [9.17, 15) is 0 Å². The van der Waals surface area contributed by atoms with Crippen LogP contribution < -0.4 is 10.2 Å². The van der Waals surface area contributed by atoms with E-state index in [1.54, 1.807) is 18.6 Å². The van der Waals surface area contributed by atoms with Gasteiger partial charge in [0.2, 0.25) is 0 Å². The number of piperazine rings is 1. The van der Waals surface area contributed by atoms with Crippen molar-refractivity contribution in [3.63, 3.8) is 0 Å². The van der Waals surface area contributed by atoms with E-state index in [1.807, 2.05) is 0 Å². The third-order valence-corrected chi connectivity index (χ3v) is 3.17. The van der Waals surface area contributed by atoms with Crippen LogP contribution in [0.25, 0.3) is 0 Å². The molecule has 0 amide bonds. The van der Waals surface area contributed by atoms with E-state index in [1.165, 1.54) is 0 Å². The standard InChI is InChI=1S/C11H17N5S/c1-2-13-11(17)16-7-5-15(6-8-16)10-9-12-3-4-14-10/h3-4,9H,2,5-8H2,1H3,(H,13,17). The van der Waals surface area contributed by atoms with Gasteiger partial charge in [0, 0.05) is 45.1 Å². The normalized spacial score (nSPS) is 15.8. The first-order valence-electron chi connectivity index (χ1n) is 5.85. The SMILES string of the molecule is CCNC(=S)N1CCN(c2cnccn2)CC1. The molecule has 1 aliphatic rings. The van der Waals surface area contributed by atoms with Crippen molar-refractivity contribution in [1.29, 1.82) is 0 Å². The van der Waals surface area contributed by atoms with E-state index in [4.69, 9.17) is 12.2 Å². The summed E-state index contributed by atoms with van der Waals surface area (Å²) in [5, 5.41) is 4.03. The number of nitrogens with zero attached hydrogens (tertiary/aromatic N) is 4. The molecule has 1 N–H and O–H groups in total. The molecule has 6 heteroatoms. The Morgan fingerprint density at radius 3 is 2.71 bits per heavy atom. The van der Waals surface area contributed by atoms with Gasteiger partial charge in [0.1, 0.15) is 5.82 Å². The third kappa shape index (κ3) is 3.03. The van der Waals surface area contributed by atoms with Crippen molar-refractivity contribution in [3.8, 4) is 0 Å². The zero-order valence-corrected chi connectivity index (χ0v) is 10.8. The Morgan fingerprint density at radius 2 is 2.12 bits per heavy atom. The summed E-state index contributed by atoms with van der Waals surface area (Å²) in [5.74, 6) is 0.946. The molecule has 0 atom stereocenters. The van der Waals surface area contributed by atoms with Crippen LogP contribution in [0.15, 0.2) is 18.6 Å². The van der Waals surface area contributed by atoms with Gasteiger partial charge in [-0.15, -0.1) is 0 Å². The Hall–Kier alpha value is -1.43. The number of hydrogen-bond donors (Lipinski definition) is 1. The quantitative estimate of drug-likeness (QED) is 0.772. The van der Waals surface area contributed by atoms with Gasteiger partial charge in [-0.25, -0.2) is 4.98 Å². The molecule has 1 saturated heterocycles. The first-order chi connectivity index (χ1) is 8.31. The summed E-state index contributed by atoms with van der Waals surface area (Å²) in [4.78, 5) is 12.8. The van der Waals surface area contributed by atoms with Gasteiger partial charge in [0.25, 0.3) is 0 Å². The maximum atomic E-state index is 5.30. The topological polar surface area (TPSA) is 44.3 Å². The molecule has 17 heavy (non-hydrogen) atoms. The molecule has 2 heterocycles. The van der Waals surface area contributed by atoms with Crippen LogP contribution in [0.4, 0.5) is 5.82 Å². The molecular formula is C11H17N5S. The average molecular weight is 251 g/mol. The van der Waals surface area contributed by atoms with Crippen molar-refractivity contribution in [2.24, 2.45) is 0 Å². The predicted octanol–water partition coefficient (Wildman–Crippen LogP) is 0.493. The van der Waals surface area contributed by atoms with Gasteiger partial charge in [-0.05, 0) is 19.1 Å². The molecular weight excluding hydrogens is 234 g/mol. The minimum absolute atomic E-state index is 0.853. The van der Waals surface area contributed by atoms with Crippen molar-refractivity contribution < 1.29 is 0 Å². The number of aromatic nitrogens is 2. The van der Waals surface area contributed by atoms with Gasteiger partial charge in [-0.3, -0.25) is 4.98 Å². The van der Waals surface area contributed by atoms with E-state index in [0.717, 1.165) is 43.7 Å². The van der Waals surface area contributed by atoms with Gasteiger partial charge in [-0.2, -0.15) is 0 Å². The highest BCUT2D eigenvalue weighted by atomic mass is 32.1. The molecule has 0 radical (unpaired) electrons. The van der Waals surface area contributed by atoms with Crippen LogP contribution in [-0.4, -0.2) is 52.7 Å². The lowest BCUT2D eigenvalue weighted by atomic mass is 10.3.